The molecule has 0 unspecified atom stereocenters. The topological polar surface area (TPSA) is 205 Å². The number of methoxy groups -OCH3 is 4. The average molecular weight is 1020 g/mol. The molecule has 0 aromatic heterocycles. The molecule has 2 bridgehead atoms. The van der Waals surface area contributed by atoms with Crippen LogP contribution in [0.4, 0.5) is 0 Å². The van der Waals surface area contributed by atoms with E-state index in [4.69, 9.17) is 28.4 Å². The van der Waals surface area contributed by atoms with Crippen LogP contribution in [0.2, 0.25) is 0 Å². The van der Waals surface area contributed by atoms with Gasteiger partial charge in [-0.25, -0.2) is 4.79 Å². The normalized spacial score (nSPS) is 36.0. The summed E-state index contributed by atoms with van der Waals surface area (Å²) in [6.07, 6.45) is 11.4. The molecule has 4 aliphatic rings. The Morgan fingerprint density at radius 2 is 1.58 bits per heavy atom. The van der Waals surface area contributed by atoms with Crippen LogP contribution in [-0.4, -0.2) is 133 Å². The first-order valence-corrected chi connectivity index (χ1v) is 26.5. The number of ether oxygens (including phenoxy) is 6. The van der Waals surface area contributed by atoms with E-state index >= 15 is 0 Å². The zero-order chi connectivity index (χ0) is 53.7. The summed E-state index contributed by atoms with van der Waals surface area (Å²) in [5, 5.41) is 34.4. The molecule has 2 saturated heterocycles. The van der Waals surface area contributed by atoms with Gasteiger partial charge in [0, 0.05) is 62.5 Å². The van der Waals surface area contributed by atoms with Gasteiger partial charge in [-0.05, 0) is 114 Å². The summed E-state index contributed by atoms with van der Waals surface area (Å²) in [7, 11) is 6.10. The van der Waals surface area contributed by atoms with Gasteiger partial charge in [-0.2, -0.15) is 0 Å². The number of benzene rings is 1. The van der Waals surface area contributed by atoms with E-state index in [0.29, 0.717) is 81.3 Å². The van der Waals surface area contributed by atoms with Crippen LogP contribution < -0.4 is 9.47 Å². The van der Waals surface area contributed by atoms with Gasteiger partial charge in [0.25, 0.3) is 11.7 Å². The maximum Gasteiger partial charge on any atom is 0.329 e. The number of nitrogens with zero attached hydrogens (tertiary/aromatic N) is 1. The van der Waals surface area contributed by atoms with Crippen LogP contribution in [0.15, 0.2) is 65.8 Å². The van der Waals surface area contributed by atoms with Crippen molar-refractivity contribution in [2.75, 3.05) is 35.0 Å². The summed E-state index contributed by atoms with van der Waals surface area (Å²) >= 11 is 0. The lowest BCUT2D eigenvalue weighted by atomic mass is 9.78. The van der Waals surface area contributed by atoms with Crippen molar-refractivity contribution in [3.05, 3.63) is 71.4 Å². The molecule has 3 fully saturated rings. The fourth-order valence-corrected chi connectivity index (χ4v) is 11.3. The molecule has 3 aliphatic heterocycles. The van der Waals surface area contributed by atoms with Crippen molar-refractivity contribution in [1.29, 1.82) is 0 Å². The fourth-order valence-electron chi connectivity index (χ4n) is 11.3. The lowest BCUT2D eigenvalue weighted by Gasteiger charge is -2.43. The third-order valence-electron chi connectivity index (χ3n) is 16.1. The number of hydrogen-bond acceptors (Lipinski definition) is 14. The molecule has 1 saturated carbocycles. The van der Waals surface area contributed by atoms with Crippen molar-refractivity contribution in [2.24, 2.45) is 35.5 Å². The minimum absolute atomic E-state index is 0.0135. The molecule has 5 rings (SSSR count). The quantitative estimate of drug-likeness (QED) is 0.128. The third kappa shape index (κ3) is 15.1. The SMILES string of the molecule is COc1ccc([C@@H]2C[C@@H]3CC[C@@H](C)[C@@](O)(O3)C(=O)C(=O)N3CCCC[C@H]3C(=O)O[C@H]([C@H](C)C[C@@H]3CC[C@@H](O)[C@H](OC)C3)CC(=O)[C@H](C)/C=C(\C)[C@H](O)[C@@H](OC)C(=O)[C@H](C)C[C@H](C)/C=C/C=CC=C2C)c(OC)c1. The van der Waals surface area contributed by atoms with Crippen molar-refractivity contribution < 1.29 is 67.7 Å². The first-order valence-electron chi connectivity index (χ1n) is 26.5. The van der Waals surface area contributed by atoms with Gasteiger partial charge < -0.3 is 48.6 Å². The van der Waals surface area contributed by atoms with Crippen LogP contribution >= 0.6 is 0 Å². The highest BCUT2D eigenvalue weighted by molar-refractivity contribution is 6.39. The molecule has 1 aromatic rings. The highest BCUT2D eigenvalue weighted by Crippen LogP contribution is 2.43. The van der Waals surface area contributed by atoms with Crippen molar-refractivity contribution in [1.82, 2.24) is 4.90 Å². The number of aliphatic hydroxyl groups is 3. The van der Waals surface area contributed by atoms with Crippen LogP contribution in [0.3, 0.4) is 0 Å². The van der Waals surface area contributed by atoms with Crippen LogP contribution in [0.5, 0.6) is 11.5 Å². The monoisotopic (exact) mass is 1020 g/mol. The maximum atomic E-state index is 14.6. The smallest absolute Gasteiger partial charge is 0.329 e. The highest BCUT2D eigenvalue weighted by Gasteiger charge is 2.53. The fraction of sp³-hybridized carbons (Fsp3) is 0.672. The zero-order valence-electron chi connectivity index (χ0n) is 45.3. The Morgan fingerprint density at radius 1 is 0.836 bits per heavy atom. The molecule has 73 heavy (non-hydrogen) atoms. The second-order valence-electron chi connectivity index (χ2n) is 21.5. The number of fused-ring (bicyclic) bond motifs is 3. The molecule has 0 spiro atoms. The summed E-state index contributed by atoms with van der Waals surface area (Å²) < 4.78 is 35.3. The number of carbonyl (C=O) groups is 5. The lowest BCUT2D eigenvalue weighted by Crippen LogP contribution is -2.60. The minimum Gasteiger partial charge on any atom is -0.497 e. The first kappa shape index (κ1) is 59.4. The first-order chi connectivity index (χ1) is 34.7. The van der Waals surface area contributed by atoms with Gasteiger partial charge in [0.15, 0.2) is 5.78 Å². The molecule has 3 heterocycles. The number of rotatable bonds is 8. The molecular weight excluding hydrogens is 935 g/mol. The number of piperidine rings is 1. The Kier molecular flexibility index (Phi) is 22.2. The van der Waals surface area contributed by atoms with Crippen molar-refractivity contribution in [3.63, 3.8) is 0 Å². The molecule has 15 nitrogen and oxygen atoms in total. The summed E-state index contributed by atoms with van der Waals surface area (Å²) in [6.45, 7) is 12.8. The van der Waals surface area contributed by atoms with E-state index in [1.165, 1.54) is 12.0 Å². The number of Topliss-reactive ketones (excluding diaryl/α,β-unsaturated/α-hetero) is 3. The number of ketones is 3. The Morgan fingerprint density at radius 3 is 2.26 bits per heavy atom. The van der Waals surface area contributed by atoms with Crippen molar-refractivity contribution in [2.45, 2.75) is 180 Å². The number of esters is 1. The predicted molar refractivity (Wildman–Crippen MR) is 277 cm³/mol. The lowest BCUT2D eigenvalue weighted by molar-refractivity contribution is -0.264. The molecule has 1 aliphatic carbocycles. The molecule has 15 heteroatoms. The Bertz CT molecular complexity index is 2180. The van der Waals surface area contributed by atoms with E-state index in [9.17, 15) is 39.3 Å². The standard InChI is InChI=1S/C58H85NO14/c1-34-17-13-12-14-18-35(2)45(44-24-23-42(68-8)32-50(44)69-9)31-43-22-20-40(7)58(67,73-43)55(64)56(65)59-26-16-15-19-46(59)57(66)72-49(37(4)29-41-21-25-47(60)51(30-41)70-10)33-48(61)36(3)28-39(6)53(63)54(71-11)52(62)38(5)27-34/h12-14,17-18,23-24,28,32,34,36-38,40-41,43,45-47,49,51,53-54,60,63,67H,15-16,19-22,25-27,29-31,33H2,1-11H3/b14-12?,17-13+,35-18?,39-28+/t34-,36-,37-,38-,40-,41+,43+,45-,46+,47-,49+,51-,53+,54+,58-/m1/s1. The molecule has 3 N–H and O–H groups in total. The van der Waals surface area contributed by atoms with Gasteiger partial charge in [-0.3, -0.25) is 19.2 Å². The molecule has 1 aromatic carbocycles. The Hall–Kier alpha value is -4.51. The van der Waals surface area contributed by atoms with E-state index in [2.05, 4.69) is 0 Å². The largest absolute Gasteiger partial charge is 0.497 e. The number of aliphatic hydroxyl groups excluding tert-OH is 2. The summed E-state index contributed by atoms with van der Waals surface area (Å²) in [5.74, 6) is -7.37. The molecule has 406 valence electrons. The summed E-state index contributed by atoms with van der Waals surface area (Å²) in [4.78, 5) is 72.9. The van der Waals surface area contributed by atoms with Gasteiger partial charge in [0.1, 0.15) is 41.6 Å². The van der Waals surface area contributed by atoms with Gasteiger partial charge in [-0.15, -0.1) is 0 Å². The summed E-state index contributed by atoms with van der Waals surface area (Å²) in [5.41, 5.74) is 2.14. The van der Waals surface area contributed by atoms with Crippen LogP contribution in [0, 0.1) is 35.5 Å². The number of carbonyl (C=O) groups excluding carboxylic acids is 5. The number of hydrogen-bond donors (Lipinski definition) is 3. The highest BCUT2D eigenvalue weighted by atomic mass is 16.6. The number of allylic oxidation sites excluding steroid dienone is 7. The third-order valence-corrected chi connectivity index (χ3v) is 16.1. The van der Waals surface area contributed by atoms with E-state index in [0.717, 1.165) is 11.1 Å². The van der Waals surface area contributed by atoms with E-state index in [1.807, 2.05) is 70.2 Å². The van der Waals surface area contributed by atoms with Gasteiger partial charge in [-0.1, -0.05) is 82.7 Å². The number of amides is 1. The number of cyclic esters (lactones) is 1. The Labute approximate surface area is 433 Å². The van der Waals surface area contributed by atoms with Crippen LogP contribution in [0.1, 0.15) is 137 Å². The van der Waals surface area contributed by atoms with Gasteiger partial charge >= 0.3 is 5.97 Å². The van der Waals surface area contributed by atoms with Crippen LogP contribution in [-0.2, 0) is 42.9 Å². The average Bonchev–Trinajstić information content (AvgIpc) is 3.38. The van der Waals surface area contributed by atoms with Crippen molar-refractivity contribution >= 4 is 29.2 Å². The van der Waals surface area contributed by atoms with Crippen molar-refractivity contribution in [3.8, 4) is 11.5 Å². The predicted octanol–water partition coefficient (Wildman–Crippen LogP) is 7.97. The van der Waals surface area contributed by atoms with Gasteiger partial charge in [0.2, 0.25) is 5.79 Å². The molecular formula is C58H85NO14. The zero-order valence-corrected chi connectivity index (χ0v) is 45.3. The molecule has 0 radical (unpaired) electrons. The summed E-state index contributed by atoms with van der Waals surface area (Å²) in [6, 6.07) is 4.39. The van der Waals surface area contributed by atoms with Gasteiger partial charge in [0.05, 0.1) is 32.5 Å². The van der Waals surface area contributed by atoms with E-state index in [-0.39, 0.29) is 60.7 Å². The second-order valence-corrected chi connectivity index (χ2v) is 21.5. The Balaban J connectivity index is 1.53. The second kappa shape index (κ2) is 27.3. The van der Waals surface area contributed by atoms with E-state index in [1.54, 1.807) is 54.2 Å². The molecule has 15 atom stereocenters. The maximum absolute atomic E-state index is 14.6. The van der Waals surface area contributed by atoms with Crippen LogP contribution in [0.25, 0.3) is 0 Å². The van der Waals surface area contributed by atoms with E-state index < -0.39 is 77.8 Å². The minimum atomic E-state index is -2.49. The molecule has 1 amide bonds.